The van der Waals surface area contributed by atoms with Gasteiger partial charge < -0.3 is 19.7 Å². The summed E-state index contributed by atoms with van der Waals surface area (Å²) in [5, 5.41) is 22.1. The van der Waals surface area contributed by atoms with E-state index in [0.29, 0.717) is 5.56 Å². The fourth-order valence-corrected chi connectivity index (χ4v) is 3.59. The third-order valence-electron chi connectivity index (χ3n) is 4.65. The van der Waals surface area contributed by atoms with E-state index in [4.69, 9.17) is 9.47 Å². The number of nitrogens with zero attached hydrogens (tertiary/aromatic N) is 1. The molecule has 0 bridgehead atoms. The van der Waals surface area contributed by atoms with E-state index in [9.17, 15) is 24.6 Å². The Kier molecular flexibility index (Phi) is 6.33. The number of hydrogen-bond acceptors (Lipinski definition) is 7. The third-order valence-corrected chi connectivity index (χ3v) is 5.53. The number of aliphatic hydroxyl groups is 2. The largest absolute Gasteiger partial charge is 0.459 e. The molecule has 164 valence electrons. The monoisotopic (exact) mass is 444 g/mol. The average molecular weight is 445 g/mol. The van der Waals surface area contributed by atoms with Crippen LogP contribution < -0.4 is 11.2 Å². The number of H-pyrrole nitrogens is 1. The minimum absolute atomic E-state index is 0.311. The number of aliphatic hydroxyl groups excluding tert-OH is 1. The molecule has 3 N–H and O–H groups in total. The Labute approximate surface area is 179 Å². The van der Waals surface area contributed by atoms with Crippen molar-refractivity contribution in [3.63, 3.8) is 0 Å². The Morgan fingerprint density at radius 1 is 1.26 bits per heavy atom. The topological polar surface area (TPSA) is 131 Å². The Bertz CT molecular complexity index is 1130. The molecule has 2 heterocycles. The van der Waals surface area contributed by atoms with E-state index in [-0.39, 0.29) is 0 Å². The predicted octanol–water partition coefficient (Wildman–Crippen LogP) is 0.264. The number of ether oxygens (including phenoxy) is 2. The zero-order valence-electron chi connectivity index (χ0n) is 17.4. The second-order valence-corrected chi connectivity index (χ2v) is 13.0. The Morgan fingerprint density at radius 3 is 2.55 bits per heavy atom. The van der Waals surface area contributed by atoms with Crippen LogP contribution in [0.1, 0.15) is 16.6 Å². The van der Waals surface area contributed by atoms with Crippen LogP contribution >= 0.6 is 0 Å². The molecular formula is C21H24N2O7Si. The second-order valence-electron chi connectivity index (χ2n) is 8.27. The van der Waals surface area contributed by atoms with E-state index in [0.717, 1.165) is 16.8 Å². The van der Waals surface area contributed by atoms with Crippen LogP contribution in [-0.4, -0.2) is 58.2 Å². The van der Waals surface area contributed by atoms with Crippen molar-refractivity contribution in [1.29, 1.82) is 0 Å². The highest BCUT2D eigenvalue weighted by Crippen LogP contribution is 2.36. The fourth-order valence-electron chi connectivity index (χ4n) is 3.02. The summed E-state index contributed by atoms with van der Waals surface area (Å²) >= 11 is 0. The molecule has 0 saturated carbocycles. The maximum absolute atomic E-state index is 12.3. The average Bonchev–Trinajstić information content (AvgIpc) is 2.96. The van der Waals surface area contributed by atoms with Crippen LogP contribution in [0, 0.1) is 11.5 Å². The number of hydrogen-bond donors (Lipinski definition) is 3. The van der Waals surface area contributed by atoms with Gasteiger partial charge in [0.25, 0.3) is 5.56 Å². The maximum atomic E-state index is 12.3. The summed E-state index contributed by atoms with van der Waals surface area (Å²) in [6.45, 7) is 5.47. The minimum Gasteiger partial charge on any atom is -0.459 e. The van der Waals surface area contributed by atoms with Gasteiger partial charge in [-0.15, -0.1) is 5.54 Å². The van der Waals surface area contributed by atoms with Gasteiger partial charge >= 0.3 is 11.7 Å². The van der Waals surface area contributed by atoms with Crippen molar-refractivity contribution in [2.45, 2.75) is 43.7 Å². The number of benzene rings is 1. The highest BCUT2D eigenvalue weighted by Gasteiger charge is 2.56. The molecular weight excluding hydrogens is 420 g/mol. The third kappa shape index (κ3) is 5.03. The zero-order chi connectivity index (χ0) is 22.8. The van der Waals surface area contributed by atoms with Gasteiger partial charge in [-0.25, -0.2) is 9.59 Å². The standard InChI is InChI=1S/C21H24N2O7Si/c1-31(2,3)12-10-21(28)15(13-29-19(26)14-7-5-4-6-8-14)30-18(17(21)25)23-11-9-16(24)22-20(23)27/h4-9,11,15,17-18,25,28H,13H2,1-3H3,(H,22,24,27)/t15-,17+,18-,21-/m1/s1. The number of carbonyl (C=O) groups excluding carboxylic acids is 1. The van der Waals surface area contributed by atoms with E-state index in [1.54, 1.807) is 30.3 Å². The van der Waals surface area contributed by atoms with Gasteiger partial charge in [0.2, 0.25) is 0 Å². The highest BCUT2D eigenvalue weighted by atomic mass is 28.3. The lowest BCUT2D eigenvalue weighted by Gasteiger charge is -2.26. The van der Waals surface area contributed by atoms with Crippen LogP contribution in [0.4, 0.5) is 0 Å². The molecule has 31 heavy (non-hydrogen) atoms. The van der Waals surface area contributed by atoms with Crippen molar-refractivity contribution < 1.29 is 24.5 Å². The van der Waals surface area contributed by atoms with E-state index in [2.05, 4.69) is 16.4 Å². The van der Waals surface area contributed by atoms with E-state index in [1.807, 2.05) is 19.6 Å². The summed E-state index contributed by atoms with van der Waals surface area (Å²) in [5.41, 5.74) is -0.231. The van der Waals surface area contributed by atoms with E-state index >= 15 is 0 Å². The summed E-state index contributed by atoms with van der Waals surface area (Å²) in [6.07, 6.45) is -3.06. The van der Waals surface area contributed by atoms with Crippen LogP contribution in [0.3, 0.4) is 0 Å². The van der Waals surface area contributed by atoms with Gasteiger partial charge in [0.15, 0.2) is 11.8 Å². The molecule has 1 saturated heterocycles. The molecule has 0 spiro atoms. The van der Waals surface area contributed by atoms with E-state index < -0.39 is 55.9 Å². The van der Waals surface area contributed by atoms with Gasteiger partial charge in [-0.05, 0) is 12.1 Å². The quantitative estimate of drug-likeness (QED) is 0.350. The first-order valence-corrected chi connectivity index (χ1v) is 13.2. The molecule has 3 rings (SSSR count). The molecule has 2 aromatic rings. The van der Waals surface area contributed by atoms with Gasteiger partial charge in [0, 0.05) is 12.3 Å². The van der Waals surface area contributed by atoms with E-state index in [1.165, 1.54) is 0 Å². The number of rotatable bonds is 4. The van der Waals surface area contributed by atoms with Crippen molar-refractivity contribution in [2.75, 3.05) is 6.61 Å². The molecule has 10 heteroatoms. The van der Waals surface area contributed by atoms with Crippen LogP contribution in [0.2, 0.25) is 19.6 Å². The number of aromatic amines is 1. The first kappa shape index (κ1) is 22.7. The molecule has 9 nitrogen and oxygen atoms in total. The van der Waals surface area contributed by atoms with Gasteiger partial charge in [-0.2, -0.15) is 0 Å². The summed E-state index contributed by atoms with van der Waals surface area (Å²) in [6, 6.07) is 9.36. The second kappa shape index (κ2) is 8.64. The molecule has 1 fully saturated rings. The summed E-state index contributed by atoms with van der Waals surface area (Å²) < 4.78 is 12.0. The number of aromatic nitrogens is 2. The highest BCUT2D eigenvalue weighted by molar-refractivity contribution is 6.83. The summed E-state index contributed by atoms with van der Waals surface area (Å²) in [4.78, 5) is 37.9. The van der Waals surface area contributed by atoms with Crippen molar-refractivity contribution in [3.05, 3.63) is 69.0 Å². The molecule has 0 amide bonds. The summed E-state index contributed by atoms with van der Waals surface area (Å²) in [7, 11) is -1.96. The van der Waals surface area contributed by atoms with Crippen LogP contribution in [0.25, 0.3) is 0 Å². The van der Waals surface area contributed by atoms with Gasteiger partial charge in [0.1, 0.15) is 26.9 Å². The predicted molar refractivity (Wildman–Crippen MR) is 114 cm³/mol. The summed E-state index contributed by atoms with van der Waals surface area (Å²) in [5.74, 6) is 2.07. The number of carbonyl (C=O) groups is 1. The van der Waals surface area contributed by atoms with Gasteiger partial charge in [-0.1, -0.05) is 43.8 Å². The normalized spacial score (nSPS) is 25.5. The Hall–Kier alpha value is -2.97. The maximum Gasteiger partial charge on any atom is 0.338 e. The molecule has 1 aliphatic heterocycles. The van der Waals surface area contributed by atoms with Crippen LogP contribution in [-0.2, 0) is 9.47 Å². The number of esters is 1. The fraction of sp³-hybridized carbons (Fsp3) is 0.381. The first-order chi connectivity index (χ1) is 14.5. The molecule has 0 unspecified atom stereocenters. The molecule has 4 atom stereocenters. The van der Waals surface area contributed by atoms with Gasteiger partial charge in [0.05, 0.1) is 5.56 Å². The molecule has 0 aliphatic carbocycles. The Morgan fingerprint density at radius 2 is 1.94 bits per heavy atom. The SMILES string of the molecule is C[Si](C)(C)C#C[C@@]1(O)[C@@H](COC(=O)c2ccccc2)O[C@@H](n2ccc(=O)[nH]c2=O)[C@@H]1O. The number of nitrogens with one attached hydrogen (secondary N) is 1. The lowest BCUT2D eigenvalue weighted by molar-refractivity contribution is -0.0681. The molecule has 1 aliphatic rings. The van der Waals surface area contributed by atoms with Crippen molar-refractivity contribution in [1.82, 2.24) is 9.55 Å². The van der Waals surface area contributed by atoms with Gasteiger partial charge in [-0.3, -0.25) is 14.3 Å². The molecule has 0 radical (unpaired) electrons. The smallest absolute Gasteiger partial charge is 0.338 e. The van der Waals surface area contributed by atoms with Crippen molar-refractivity contribution in [3.8, 4) is 11.5 Å². The van der Waals surface area contributed by atoms with Crippen LogP contribution in [0.15, 0.2) is 52.2 Å². The van der Waals surface area contributed by atoms with Crippen molar-refractivity contribution in [2.24, 2.45) is 0 Å². The van der Waals surface area contributed by atoms with Crippen molar-refractivity contribution >= 4 is 14.0 Å². The minimum atomic E-state index is -2.10. The lowest BCUT2D eigenvalue weighted by atomic mass is 9.93. The first-order valence-electron chi connectivity index (χ1n) is 9.65. The zero-order valence-corrected chi connectivity index (χ0v) is 18.4. The Balaban J connectivity index is 1.92. The lowest BCUT2D eigenvalue weighted by Crippen LogP contribution is -2.49. The van der Waals surface area contributed by atoms with Crippen LogP contribution in [0.5, 0.6) is 0 Å². The molecule has 1 aromatic heterocycles. The molecule has 1 aromatic carbocycles.